The van der Waals surface area contributed by atoms with Crippen molar-refractivity contribution in [2.75, 3.05) is 7.11 Å². The van der Waals surface area contributed by atoms with E-state index in [1.54, 1.807) is 20.2 Å². The third-order valence-corrected chi connectivity index (χ3v) is 4.97. The number of benzene rings is 2. The Bertz CT molecular complexity index is 1080. The van der Waals surface area contributed by atoms with Gasteiger partial charge in [0.05, 0.1) is 18.7 Å². The number of aryl methyl sites for hydroxylation is 2. The number of nitrogens with zero attached hydrogens (tertiary/aromatic N) is 1. The topological polar surface area (TPSA) is 60.3 Å². The minimum absolute atomic E-state index is 0.176. The van der Waals surface area contributed by atoms with Gasteiger partial charge in [-0.1, -0.05) is 35.9 Å². The smallest absolute Gasteiger partial charge is 0.253 e. The second kappa shape index (κ2) is 8.31. The van der Waals surface area contributed by atoms with E-state index in [9.17, 15) is 9.59 Å². The van der Waals surface area contributed by atoms with E-state index in [1.165, 1.54) is 22.9 Å². The van der Waals surface area contributed by atoms with E-state index in [0.29, 0.717) is 10.6 Å². The summed E-state index contributed by atoms with van der Waals surface area (Å²) in [5.74, 6) is 0.444. The number of carbonyl (C=O) groups excluding carboxylic acids is 1. The SMILES string of the molecule is COc1ccc([C@@H](NC(=O)c2ccc(=O)n(C)c2)c2ccccc2Cl)c(C)c1. The van der Waals surface area contributed by atoms with Crippen LogP contribution in [0.25, 0.3) is 0 Å². The summed E-state index contributed by atoms with van der Waals surface area (Å²) in [7, 11) is 3.22. The molecule has 144 valence electrons. The van der Waals surface area contributed by atoms with Crippen LogP contribution in [0.1, 0.15) is 33.1 Å². The van der Waals surface area contributed by atoms with Gasteiger partial charge in [-0.05, 0) is 47.9 Å². The van der Waals surface area contributed by atoms with E-state index in [-0.39, 0.29) is 11.5 Å². The van der Waals surface area contributed by atoms with E-state index >= 15 is 0 Å². The van der Waals surface area contributed by atoms with E-state index < -0.39 is 6.04 Å². The van der Waals surface area contributed by atoms with Crippen molar-refractivity contribution in [3.63, 3.8) is 0 Å². The Kier molecular flexibility index (Phi) is 5.85. The summed E-state index contributed by atoms with van der Waals surface area (Å²) < 4.78 is 6.66. The number of hydrogen-bond donors (Lipinski definition) is 1. The lowest BCUT2D eigenvalue weighted by atomic mass is 9.94. The molecule has 2 aromatic carbocycles. The number of ether oxygens (including phenoxy) is 1. The largest absolute Gasteiger partial charge is 0.497 e. The summed E-state index contributed by atoms with van der Waals surface area (Å²) in [5, 5.41) is 3.61. The fourth-order valence-corrected chi connectivity index (χ4v) is 3.32. The van der Waals surface area contributed by atoms with Gasteiger partial charge in [-0.2, -0.15) is 0 Å². The number of aromatic nitrogens is 1. The number of hydrogen-bond acceptors (Lipinski definition) is 3. The number of carbonyl (C=O) groups is 1. The summed E-state index contributed by atoms with van der Waals surface area (Å²) >= 11 is 6.43. The maximum absolute atomic E-state index is 12.9. The summed E-state index contributed by atoms with van der Waals surface area (Å²) in [6, 6.07) is 15.5. The van der Waals surface area contributed by atoms with Crippen LogP contribution in [0.2, 0.25) is 5.02 Å². The van der Waals surface area contributed by atoms with Crippen LogP contribution in [0.15, 0.2) is 65.6 Å². The van der Waals surface area contributed by atoms with Crippen molar-refractivity contribution in [2.45, 2.75) is 13.0 Å². The van der Waals surface area contributed by atoms with E-state index in [0.717, 1.165) is 22.4 Å². The van der Waals surface area contributed by atoms with Crippen LogP contribution >= 0.6 is 11.6 Å². The van der Waals surface area contributed by atoms with Crippen molar-refractivity contribution in [2.24, 2.45) is 7.05 Å². The first-order valence-electron chi connectivity index (χ1n) is 8.77. The normalized spacial score (nSPS) is 11.7. The Morgan fingerprint density at radius 2 is 1.86 bits per heavy atom. The molecule has 6 heteroatoms. The number of halogens is 1. The molecule has 3 aromatic rings. The van der Waals surface area contributed by atoms with Gasteiger partial charge in [0, 0.05) is 24.3 Å². The second-order valence-electron chi connectivity index (χ2n) is 6.52. The van der Waals surface area contributed by atoms with Crippen molar-refractivity contribution in [1.29, 1.82) is 0 Å². The number of rotatable bonds is 5. The molecule has 28 heavy (non-hydrogen) atoms. The zero-order valence-corrected chi connectivity index (χ0v) is 16.7. The Balaban J connectivity index is 2.04. The van der Waals surface area contributed by atoms with Crippen molar-refractivity contribution in [3.05, 3.63) is 98.4 Å². The molecule has 1 aromatic heterocycles. The molecule has 0 aliphatic carbocycles. The van der Waals surface area contributed by atoms with Gasteiger partial charge in [0.2, 0.25) is 5.56 Å². The fourth-order valence-electron chi connectivity index (χ4n) is 3.07. The maximum Gasteiger partial charge on any atom is 0.253 e. The van der Waals surface area contributed by atoms with Crippen LogP contribution in [0.3, 0.4) is 0 Å². The number of amides is 1. The van der Waals surface area contributed by atoms with Crippen LogP contribution < -0.4 is 15.6 Å². The Morgan fingerprint density at radius 1 is 1.11 bits per heavy atom. The molecule has 0 fully saturated rings. The zero-order valence-electron chi connectivity index (χ0n) is 15.9. The lowest BCUT2D eigenvalue weighted by Crippen LogP contribution is -2.31. The molecule has 1 N–H and O–H groups in total. The van der Waals surface area contributed by atoms with Crippen molar-refractivity contribution >= 4 is 17.5 Å². The monoisotopic (exact) mass is 396 g/mol. The molecule has 0 unspecified atom stereocenters. The molecule has 0 spiro atoms. The van der Waals surface area contributed by atoms with Crippen LogP contribution in [-0.4, -0.2) is 17.6 Å². The highest BCUT2D eigenvalue weighted by molar-refractivity contribution is 6.31. The summed E-state index contributed by atoms with van der Waals surface area (Å²) in [6.45, 7) is 1.96. The average Bonchev–Trinajstić information content (AvgIpc) is 2.69. The number of nitrogens with one attached hydrogen (secondary N) is 1. The molecule has 0 aliphatic heterocycles. The second-order valence-corrected chi connectivity index (χ2v) is 6.92. The van der Waals surface area contributed by atoms with Crippen molar-refractivity contribution < 1.29 is 9.53 Å². The number of pyridine rings is 1. The standard InChI is InChI=1S/C22H21ClN2O3/c1-14-12-16(28-3)9-10-17(14)21(18-6-4-5-7-19(18)23)24-22(27)15-8-11-20(26)25(2)13-15/h4-13,21H,1-3H3,(H,24,27)/t21-/m1/s1. The molecule has 1 atom stereocenters. The summed E-state index contributed by atoms with van der Waals surface area (Å²) in [5.41, 5.74) is 2.88. The first-order chi connectivity index (χ1) is 13.4. The lowest BCUT2D eigenvalue weighted by Gasteiger charge is -2.23. The van der Waals surface area contributed by atoms with Gasteiger partial charge in [0.15, 0.2) is 0 Å². The summed E-state index contributed by atoms with van der Waals surface area (Å²) in [4.78, 5) is 24.5. The minimum Gasteiger partial charge on any atom is -0.497 e. The quantitative estimate of drug-likeness (QED) is 0.712. The van der Waals surface area contributed by atoms with E-state index in [1.807, 2.05) is 43.3 Å². The predicted molar refractivity (Wildman–Crippen MR) is 110 cm³/mol. The number of methoxy groups -OCH3 is 1. The molecule has 1 amide bonds. The molecule has 3 rings (SSSR count). The minimum atomic E-state index is -0.454. The molecule has 0 aliphatic rings. The molecule has 0 saturated carbocycles. The molecule has 5 nitrogen and oxygen atoms in total. The highest BCUT2D eigenvalue weighted by Gasteiger charge is 2.22. The first kappa shape index (κ1) is 19.7. The van der Waals surface area contributed by atoms with Gasteiger partial charge in [0.1, 0.15) is 5.75 Å². The predicted octanol–water partition coefficient (Wildman–Crippen LogP) is 3.88. The molecule has 0 saturated heterocycles. The maximum atomic E-state index is 12.9. The van der Waals surface area contributed by atoms with E-state index in [4.69, 9.17) is 16.3 Å². The average molecular weight is 397 g/mol. The zero-order chi connectivity index (χ0) is 20.3. The van der Waals surface area contributed by atoms with Crippen LogP contribution in [0.4, 0.5) is 0 Å². The first-order valence-corrected chi connectivity index (χ1v) is 9.15. The van der Waals surface area contributed by atoms with Gasteiger partial charge >= 0.3 is 0 Å². The van der Waals surface area contributed by atoms with Crippen LogP contribution in [0, 0.1) is 6.92 Å². The van der Waals surface area contributed by atoms with Crippen LogP contribution in [-0.2, 0) is 7.05 Å². The van der Waals surface area contributed by atoms with Crippen LogP contribution in [0.5, 0.6) is 5.75 Å². The molecule has 0 radical (unpaired) electrons. The molecular formula is C22H21ClN2O3. The highest BCUT2D eigenvalue weighted by atomic mass is 35.5. The Labute approximate surface area is 168 Å². The van der Waals surface area contributed by atoms with Crippen molar-refractivity contribution in [1.82, 2.24) is 9.88 Å². The third-order valence-electron chi connectivity index (χ3n) is 4.63. The van der Waals surface area contributed by atoms with Gasteiger partial charge in [0.25, 0.3) is 5.91 Å². The van der Waals surface area contributed by atoms with Gasteiger partial charge in [-0.25, -0.2) is 0 Å². The van der Waals surface area contributed by atoms with Gasteiger partial charge < -0.3 is 14.6 Å². The third kappa shape index (κ3) is 4.10. The van der Waals surface area contributed by atoms with E-state index in [2.05, 4.69) is 5.32 Å². The fraction of sp³-hybridized carbons (Fsp3) is 0.182. The highest BCUT2D eigenvalue weighted by Crippen LogP contribution is 2.32. The Hall–Kier alpha value is -3.05. The summed E-state index contributed by atoms with van der Waals surface area (Å²) in [6.07, 6.45) is 1.52. The molecule has 0 bridgehead atoms. The Morgan fingerprint density at radius 3 is 2.50 bits per heavy atom. The van der Waals surface area contributed by atoms with Crippen molar-refractivity contribution in [3.8, 4) is 5.75 Å². The molecule has 1 heterocycles. The van der Waals surface area contributed by atoms with Gasteiger partial charge in [-0.3, -0.25) is 9.59 Å². The lowest BCUT2D eigenvalue weighted by molar-refractivity contribution is 0.0942. The molecular weight excluding hydrogens is 376 g/mol. The van der Waals surface area contributed by atoms with Gasteiger partial charge in [-0.15, -0.1) is 0 Å².